The summed E-state index contributed by atoms with van der Waals surface area (Å²) in [4.78, 5) is 47.4. The molecule has 0 spiro atoms. The fourth-order valence-electron chi connectivity index (χ4n) is 4.66. The van der Waals surface area contributed by atoms with Gasteiger partial charge in [0.25, 0.3) is 11.5 Å². The number of aromatic nitrogens is 2. The lowest BCUT2D eigenvalue weighted by Crippen LogP contribution is -2.40. The van der Waals surface area contributed by atoms with Crippen LogP contribution in [0.5, 0.6) is 0 Å². The maximum atomic E-state index is 13.6. The number of carbonyl (C=O) groups excluding carboxylic acids is 2. The molecule has 2 amide bonds. The summed E-state index contributed by atoms with van der Waals surface area (Å²) in [6.45, 7) is 3.01. The Kier molecular flexibility index (Phi) is 6.63. The molecule has 0 bridgehead atoms. The number of carbonyl (C=O) groups is 2. The van der Waals surface area contributed by atoms with Crippen LogP contribution in [-0.4, -0.2) is 43.5 Å². The van der Waals surface area contributed by atoms with Gasteiger partial charge in [-0.2, -0.15) is 0 Å². The summed E-state index contributed by atoms with van der Waals surface area (Å²) < 4.78 is 1.92. The van der Waals surface area contributed by atoms with Crippen LogP contribution in [-0.2, 0) is 9.59 Å². The second kappa shape index (κ2) is 9.87. The van der Waals surface area contributed by atoms with E-state index in [9.17, 15) is 14.4 Å². The van der Waals surface area contributed by atoms with Gasteiger partial charge < -0.3 is 10.6 Å². The molecule has 4 heterocycles. The number of pyridine rings is 1. The van der Waals surface area contributed by atoms with Crippen molar-refractivity contribution >= 4 is 57.7 Å². The maximum Gasteiger partial charge on any atom is 0.267 e. The fourth-order valence-corrected chi connectivity index (χ4v) is 6.06. The summed E-state index contributed by atoms with van der Waals surface area (Å²) in [5.74, 6) is -0.243. The number of nitrogens with zero attached hydrogens (tertiary/aromatic N) is 4. The largest absolute Gasteiger partial charge is 0.369 e. The highest BCUT2D eigenvalue weighted by Crippen LogP contribution is 2.38. The van der Waals surface area contributed by atoms with Gasteiger partial charge in [-0.05, 0) is 43.5 Å². The first-order chi connectivity index (χ1) is 17.3. The average Bonchev–Trinajstić information content (AvgIpc) is 3.18. The molecular weight excluding hydrogens is 494 g/mol. The lowest BCUT2D eigenvalue weighted by Gasteiger charge is -2.32. The Hall–Kier alpha value is -3.50. The third-order valence-electron chi connectivity index (χ3n) is 6.71. The van der Waals surface area contributed by atoms with E-state index in [1.807, 2.05) is 48.2 Å². The Morgan fingerprint density at radius 2 is 1.83 bits per heavy atom. The second-order valence-corrected chi connectivity index (χ2v) is 10.6. The minimum Gasteiger partial charge on any atom is -0.369 e. The number of hydrogen-bond acceptors (Lipinski definition) is 7. The van der Waals surface area contributed by atoms with Crippen molar-refractivity contribution in [2.24, 2.45) is 11.7 Å². The predicted molar refractivity (Wildman–Crippen MR) is 145 cm³/mol. The molecule has 2 fully saturated rings. The third kappa shape index (κ3) is 4.42. The van der Waals surface area contributed by atoms with Gasteiger partial charge in [-0.1, -0.05) is 60.4 Å². The number of benzene rings is 1. The number of nitrogens with two attached hydrogens (primary N) is 1. The topological polar surface area (TPSA) is 101 Å². The molecule has 0 aliphatic carbocycles. The van der Waals surface area contributed by atoms with Gasteiger partial charge in [-0.15, -0.1) is 0 Å². The summed E-state index contributed by atoms with van der Waals surface area (Å²) in [6, 6.07) is 14.8. The van der Waals surface area contributed by atoms with Gasteiger partial charge in [0.1, 0.15) is 15.8 Å². The fraction of sp³-hybridized carbons (Fsp3) is 0.269. The number of thioether (sulfide) groups is 1. The smallest absolute Gasteiger partial charge is 0.267 e. The number of anilines is 1. The second-order valence-electron chi connectivity index (χ2n) is 8.89. The van der Waals surface area contributed by atoms with Crippen LogP contribution in [0.15, 0.2) is 64.4 Å². The van der Waals surface area contributed by atoms with Crippen molar-refractivity contribution < 1.29 is 9.59 Å². The molecular formula is C26H25N5O3S2. The zero-order valence-corrected chi connectivity index (χ0v) is 21.3. The van der Waals surface area contributed by atoms with E-state index in [2.05, 4.69) is 0 Å². The normalized spacial score (nSPS) is 18.9. The van der Waals surface area contributed by atoms with Gasteiger partial charge in [0.15, 0.2) is 0 Å². The van der Waals surface area contributed by atoms with Crippen molar-refractivity contribution in [3.05, 3.63) is 81.1 Å². The SMILES string of the molecule is C[C@H](c1ccccc1)N1C(=O)/C(=C/c2c(N3CCC(C(N)=O)CC3)nc3ccccn3c2=O)SC1=S. The van der Waals surface area contributed by atoms with Crippen molar-refractivity contribution in [3.8, 4) is 0 Å². The van der Waals surface area contributed by atoms with Crippen LogP contribution in [0.3, 0.4) is 0 Å². The summed E-state index contributed by atoms with van der Waals surface area (Å²) in [5.41, 5.74) is 7.04. The van der Waals surface area contributed by atoms with Gasteiger partial charge in [-0.25, -0.2) is 4.98 Å². The van der Waals surface area contributed by atoms with E-state index in [1.54, 1.807) is 29.3 Å². The zero-order valence-electron chi connectivity index (χ0n) is 19.7. The molecule has 1 aromatic carbocycles. The van der Waals surface area contributed by atoms with Gasteiger partial charge in [0, 0.05) is 25.2 Å². The van der Waals surface area contributed by atoms with Gasteiger partial charge in [0.2, 0.25) is 5.91 Å². The van der Waals surface area contributed by atoms with Crippen LogP contribution in [0.25, 0.3) is 11.7 Å². The predicted octanol–water partition coefficient (Wildman–Crippen LogP) is 3.36. The monoisotopic (exact) mass is 519 g/mol. The molecule has 36 heavy (non-hydrogen) atoms. The summed E-state index contributed by atoms with van der Waals surface area (Å²) in [5, 5.41) is 0. The van der Waals surface area contributed by atoms with Gasteiger partial charge in [-0.3, -0.25) is 23.7 Å². The highest BCUT2D eigenvalue weighted by atomic mass is 32.2. The van der Waals surface area contributed by atoms with Crippen molar-refractivity contribution in [2.75, 3.05) is 18.0 Å². The van der Waals surface area contributed by atoms with E-state index in [0.717, 1.165) is 5.56 Å². The molecule has 0 unspecified atom stereocenters. The molecule has 2 saturated heterocycles. The lowest BCUT2D eigenvalue weighted by molar-refractivity contribution is -0.123. The van der Waals surface area contributed by atoms with Crippen LogP contribution < -0.4 is 16.2 Å². The van der Waals surface area contributed by atoms with Crippen molar-refractivity contribution in [1.29, 1.82) is 0 Å². The van der Waals surface area contributed by atoms with Crippen LogP contribution in [0.2, 0.25) is 0 Å². The summed E-state index contributed by atoms with van der Waals surface area (Å²) in [7, 11) is 0. The van der Waals surface area contributed by atoms with Crippen LogP contribution in [0.4, 0.5) is 5.82 Å². The molecule has 2 aliphatic rings. The third-order valence-corrected chi connectivity index (χ3v) is 8.04. The first kappa shape index (κ1) is 24.2. The molecule has 8 nitrogen and oxygen atoms in total. The van der Waals surface area contributed by atoms with Crippen molar-refractivity contribution in [3.63, 3.8) is 0 Å². The van der Waals surface area contributed by atoms with Crippen LogP contribution >= 0.6 is 24.0 Å². The number of thiocarbonyl (C=S) groups is 1. The molecule has 10 heteroatoms. The van der Waals surface area contributed by atoms with E-state index in [-0.39, 0.29) is 29.3 Å². The Morgan fingerprint density at radius 3 is 2.53 bits per heavy atom. The van der Waals surface area contributed by atoms with E-state index in [4.69, 9.17) is 22.9 Å². The molecule has 0 saturated carbocycles. The Balaban J connectivity index is 1.55. The highest BCUT2D eigenvalue weighted by Gasteiger charge is 2.36. The van der Waals surface area contributed by atoms with E-state index < -0.39 is 0 Å². The quantitative estimate of drug-likeness (QED) is 0.407. The molecule has 0 radical (unpaired) electrons. The minimum absolute atomic E-state index is 0.193. The Labute approximate surface area is 217 Å². The first-order valence-electron chi connectivity index (χ1n) is 11.7. The lowest BCUT2D eigenvalue weighted by atomic mass is 9.96. The highest BCUT2D eigenvalue weighted by molar-refractivity contribution is 8.26. The number of piperidine rings is 1. The number of rotatable bonds is 5. The van der Waals surface area contributed by atoms with Gasteiger partial charge in [0.05, 0.1) is 16.5 Å². The Bertz CT molecular complexity index is 1440. The molecule has 2 aliphatic heterocycles. The average molecular weight is 520 g/mol. The van der Waals surface area contributed by atoms with Gasteiger partial charge >= 0.3 is 0 Å². The minimum atomic E-state index is -0.308. The maximum absolute atomic E-state index is 13.6. The van der Waals surface area contributed by atoms with Crippen LogP contribution in [0, 0.1) is 5.92 Å². The Morgan fingerprint density at radius 1 is 1.14 bits per heavy atom. The molecule has 2 N–H and O–H groups in total. The van der Waals surface area contributed by atoms with E-state index in [0.29, 0.717) is 52.2 Å². The number of hydrogen-bond donors (Lipinski definition) is 1. The van der Waals surface area contributed by atoms with E-state index in [1.165, 1.54) is 16.2 Å². The standard InChI is InChI=1S/C26H25N5O3S2/c1-16(17-7-3-2-4-8-17)31-25(34)20(36-26(31)35)15-19-23(29-13-10-18(11-14-29)22(27)32)28-21-9-5-6-12-30(21)24(19)33/h2-9,12,15-16,18H,10-11,13-14H2,1H3,(H2,27,32)/b20-15-/t16-/m1/s1. The number of fused-ring (bicyclic) bond motifs is 1. The number of amides is 2. The molecule has 1 atom stereocenters. The van der Waals surface area contributed by atoms with Crippen LogP contribution in [0.1, 0.15) is 36.9 Å². The molecule has 184 valence electrons. The molecule has 2 aromatic heterocycles. The van der Waals surface area contributed by atoms with Crippen molar-refractivity contribution in [1.82, 2.24) is 14.3 Å². The summed E-state index contributed by atoms with van der Waals surface area (Å²) >= 11 is 6.75. The summed E-state index contributed by atoms with van der Waals surface area (Å²) in [6.07, 6.45) is 4.44. The molecule has 3 aromatic rings. The number of primary amides is 1. The van der Waals surface area contributed by atoms with E-state index >= 15 is 0 Å². The first-order valence-corrected chi connectivity index (χ1v) is 13.0. The molecule has 5 rings (SSSR count). The van der Waals surface area contributed by atoms with Crippen molar-refractivity contribution in [2.45, 2.75) is 25.8 Å². The zero-order chi connectivity index (χ0) is 25.4.